The van der Waals surface area contributed by atoms with Crippen molar-refractivity contribution in [1.29, 1.82) is 0 Å². The fraction of sp³-hybridized carbons (Fsp3) is 0.538. The molecule has 1 aliphatic rings. The second-order valence-electron chi connectivity index (χ2n) is 5.44. The SMILES string of the molecule is CC1(Nc2nc(Cl)nc(-n3ccnc3)n2)CCCCC1. The van der Waals surface area contributed by atoms with Crippen molar-refractivity contribution in [3.05, 3.63) is 24.0 Å². The van der Waals surface area contributed by atoms with Gasteiger partial charge in [-0.3, -0.25) is 4.57 Å². The first kappa shape index (κ1) is 13.3. The highest BCUT2D eigenvalue weighted by molar-refractivity contribution is 6.28. The van der Waals surface area contributed by atoms with Gasteiger partial charge in [0, 0.05) is 17.9 Å². The quantitative estimate of drug-likeness (QED) is 0.942. The van der Waals surface area contributed by atoms with Crippen molar-refractivity contribution in [2.24, 2.45) is 0 Å². The molecule has 0 atom stereocenters. The molecule has 106 valence electrons. The first-order chi connectivity index (χ1) is 9.65. The highest BCUT2D eigenvalue weighted by atomic mass is 35.5. The van der Waals surface area contributed by atoms with E-state index in [1.54, 1.807) is 23.3 Å². The summed E-state index contributed by atoms with van der Waals surface area (Å²) in [6.45, 7) is 2.21. The Hall–Kier alpha value is -1.69. The number of nitrogens with one attached hydrogen (secondary N) is 1. The molecule has 7 heteroatoms. The van der Waals surface area contributed by atoms with Crippen LogP contribution in [0.3, 0.4) is 0 Å². The van der Waals surface area contributed by atoms with Crippen LogP contribution in [0, 0.1) is 0 Å². The number of hydrogen-bond acceptors (Lipinski definition) is 5. The van der Waals surface area contributed by atoms with Crippen LogP contribution in [0.25, 0.3) is 5.95 Å². The van der Waals surface area contributed by atoms with Gasteiger partial charge in [-0.25, -0.2) is 4.98 Å². The van der Waals surface area contributed by atoms with E-state index in [-0.39, 0.29) is 10.8 Å². The molecule has 6 nitrogen and oxygen atoms in total. The van der Waals surface area contributed by atoms with Crippen LogP contribution in [0.5, 0.6) is 0 Å². The number of hydrogen-bond donors (Lipinski definition) is 1. The number of rotatable bonds is 3. The van der Waals surface area contributed by atoms with Gasteiger partial charge in [0.15, 0.2) is 0 Å². The number of anilines is 1. The summed E-state index contributed by atoms with van der Waals surface area (Å²) in [6, 6.07) is 0. The Bertz CT molecular complexity index is 577. The van der Waals surface area contributed by atoms with Crippen molar-refractivity contribution >= 4 is 17.5 Å². The van der Waals surface area contributed by atoms with Crippen LogP contribution in [0.15, 0.2) is 18.7 Å². The fourth-order valence-corrected chi connectivity index (χ4v) is 2.77. The van der Waals surface area contributed by atoms with Gasteiger partial charge in [-0.2, -0.15) is 15.0 Å². The zero-order valence-electron chi connectivity index (χ0n) is 11.4. The van der Waals surface area contributed by atoms with Gasteiger partial charge in [0.1, 0.15) is 6.33 Å². The van der Waals surface area contributed by atoms with Crippen LogP contribution < -0.4 is 5.32 Å². The predicted octanol–water partition coefficient (Wildman–Crippen LogP) is 2.85. The molecule has 3 rings (SSSR count). The Balaban J connectivity index is 1.86. The van der Waals surface area contributed by atoms with Crippen LogP contribution in [0.4, 0.5) is 5.95 Å². The van der Waals surface area contributed by atoms with E-state index in [0.717, 1.165) is 12.8 Å². The van der Waals surface area contributed by atoms with Crippen molar-refractivity contribution in [2.45, 2.75) is 44.6 Å². The summed E-state index contributed by atoms with van der Waals surface area (Å²) in [5.41, 5.74) is 0.0368. The molecule has 0 saturated heterocycles. The molecule has 2 aromatic heterocycles. The molecule has 0 spiro atoms. The minimum absolute atomic E-state index is 0.0368. The molecule has 1 N–H and O–H groups in total. The van der Waals surface area contributed by atoms with Gasteiger partial charge in [0.2, 0.25) is 17.2 Å². The molecular weight excluding hydrogens is 276 g/mol. The van der Waals surface area contributed by atoms with Crippen LogP contribution in [-0.4, -0.2) is 30.0 Å². The molecule has 2 aromatic rings. The van der Waals surface area contributed by atoms with E-state index in [9.17, 15) is 0 Å². The summed E-state index contributed by atoms with van der Waals surface area (Å²) in [7, 11) is 0. The Morgan fingerprint density at radius 2 is 2.00 bits per heavy atom. The summed E-state index contributed by atoms with van der Waals surface area (Å²) in [4.78, 5) is 16.7. The molecule has 0 amide bonds. The second-order valence-corrected chi connectivity index (χ2v) is 5.78. The maximum Gasteiger partial charge on any atom is 0.241 e. The van der Waals surface area contributed by atoms with E-state index >= 15 is 0 Å². The molecule has 0 unspecified atom stereocenters. The van der Waals surface area contributed by atoms with Gasteiger partial charge >= 0.3 is 0 Å². The van der Waals surface area contributed by atoms with E-state index in [4.69, 9.17) is 11.6 Å². The van der Waals surface area contributed by atoms with Gasteiger partial charge in [-0.1, -0.05) is 19.3 Å². The Kier molecular flexibility index (Phi) is 3.56. The Labute approximate surface area is 122 Å². The van der Waals surface area contributed by atoms with E-state index < -0.39 is 0 Å². The summed E-state index contributed by atoms with van der Waals surface area (Å²) < 4.78 is 1.71. The van der Waals surface area contributed by atoms with Gasteiger partial charge in [-0.15, -0.1) is 0 Å². The molecule has 1 aliphatic carbocycles. The Morgan fingerprint density at radius 1 is 1.20 bits per heavy atom. The molecule has 1 saturated carbocycles. The average molecular weight is 293 g/mol. The number of nitrogens with zero attached hydrogens (tertiary/aromatic N) is 5. The topological polar surface area (TPSA) is 68.5 Å². The highest BCUT2D eigenvalue weighted by Gasteiger charge is 2.27. The second kappa shape index (κ2) is 5.36. The summed E-state index contributed by atoms with van der Waals surface area (Å²) in [5, 5.41) is 3.61. The van der Waals surface area contributed by atoms with E-state index in [1.165, 1.54) is 19.3 Å². The molecule has 0 aromatic carbocycles. The number of halogens is 1. The first-order valence-corrected chi connectivity index (χ1v) is 7.21. The highest BCUT2D eigenvalue weighted by Crippen LogP contribution is 2.30. The maximum absolute atomic E-state index is 5.99. The summed E-state index contributed by atoms with van der Waals surface area (Å²) in [6.07, 6.45) is 11.1. The molecule has 1 fully saturated rings. The molecule has 0 aliphatic heterocycles. The smallest absolute Gasteiger partial charge is 0.241 e. The number of imidazole rings is 1. The fourth-order valence-electron chi connectivity index (χ4n) is 2.62. The lowest BCUT2D eigenvalue weighted by Crippen LogP contribution is -2.37. The standard InChI is InChI=1S/C13H17ClN6/c1-13(5-3-2-4-6-13)19-11-16-10(14)17-12(18-11)20-8-7-15-9-20/h7-9H,2-6H2,1H3,(H,16,17,18,19). The lowest BCUT2D eigenvalue weighted by Gasteiger charge is -2.34. The molecule has 0 radical (unpaired) electrons. The van der Waals surface area contributed by atoms with E-state index in [2.05, 4.69) is 32.2 Å². The third-order valence-corrected chi connectivity index (χ3v) is 3.87. The van der Waals surface area contributed by atoms with Crippen molar-refractivity contribution in [3.63, 3.8) is 0 Å². The van der Waals surface area contributed by atoms with Crippen LogP contribution in [-0.2, 0) is 0 Å². The minimum atomic E-state index is 0.0368. The van der Waals surface area contributed by atoms with Gasteiger partial charge in [0.25, 0.3) is 0 Å². The van der Waals surface area contributed by atoms with Crippen LogP contribution in [0.1, 0.15) is 39.0 Å². The zero-order valence-corrected chi connectivity index (χ0v) is 12.1. The molecule has 2 heterocycles. The van der Waals surface area contributed by atoms with Gasteiger partial charge < -0.3 is 5.32 Å². The van der Waals surface area contributed by atoms with Crippen molar-refractivity contribution in [3.8, 4) is 5.95 Å². The van der Waals surface area contributed by atoms with Crippen molar-refractivity contribution in [2.75, 3.05) is 5.32 Å². The van der Waals surface area contributed by atoms with E-state index in [0.29, 0.717) is 11.9 Å². The van der Waals surface area contributed by atoms with Crippen LogP contribution in [0.2, 0.25) is 5.28 Å². The Morgan fingerprint density at radius 3 is 2.70 bits per heavy atom. The third-order valence-electron chi connectivity index (χ3n) is 3.70. The lowest BCUT2D eigenvalue weighted by molar-refractivity contribution is 0.347. The number of aromatic nitrogens is 5. The molecule has 0 bridgehead atoms. The third kappa shape index (κ3) is 2.90. The minimum Gasteiger partial charge on any atom is -0.349 e. The van der Waals surface area contributed by atoms with Crippen molar-refractivity contribution < 1.29 is 0 Å². The largest absolute Gasteiger partial charge is 0.349 e. The lowest BCUT2D eigenvalue weighted by atomic mass is 9.83. The van der Waals surface area contributed by atoms with Gasteiger partial charge in [-0.05, 0) is 31.4 Å². The normalized spacial score (nSPS) is 17.9. The van der Waals surface area contributed by atoms with Crippen LogP contribution >= 0.6 is 11.6 Å². The summed E-state index contributed by atoms with van der Waals surface area (Å²) >= 11 is 5.99. The average Bonchev–Trinajstić information content (AvgIpc) is 2.92. The van der Waals surface area contributed by atoms with Gasteiger partial charge in [0.05, 0.1) is 0 Å². The molecular formula is C13H17ClN6. The predicted molar refractivity (Wildman–Crippen MR) is 77.1 cm³/mol. The molecule has 20 heavy (non-hydrogen) atoms. The summed E-state index contributed by atoms with van der Waals surface area (Å²) in [5.74, 6) is 1.00. The zero-order chi connectivity index (χ0) is 14.0. The van der Waals surface area contributed by atoms with E-state index in [1.807, 2.05) is 0 Å². The first-order valence-electron chi connectivity index (χ1n) is 6.83. The maximum atomic E-state index is 5.99. The monoisotopic (exact) mass is 292 g/mol. The van der Waals surface area contributed by atoms with Crippen molar-refractivity contribution in [1.82, 2.24) is 24.5 Å².